The zero-order valence-electron chi connectivity index (χ0n) is 20.3. The zero-order chi connectivity index (χ0) is 23.5. The molecular weight excluding hydrogens is 392 g/mol. The van der Waals surface area contributed by atoms with Gasteiger partial charge in [-0.15, -0.1) is 0 Å². The maximum absolute atomic E-state index is 13.7. The molecule has 3 nitrogen and oxygen atoms in total. The lowest BCUT2D eigenvalue weighted by Gasteiger charge is -2.45. The normalized spacial score (nSPS) is 21.8. The van der Waals surface area contributed by atoms with Crippen molar-refractivity contribution in [2.45, 2.75) is 64.3 Å². The Morgan fingerprint density at radius 1 is 1.09 bits per heavy atom. The molecule has 0 bridgehead atoms. The van der Waals surface area contributed by atoms with Crippen LogP contribution in [0, 0.1) is 5.92 Å². The summed E-state index contributed by atoms with van der Waals surface area (Å²) in [4.78, 5) is 17.9. The molecule has 0 N–H and O–H groups in total. The van der Waals surface area contributed by atoms with Crippen molar-refractivity contribution >= 4 is 5.91 Å². The van der Waals surface area contributed by atoms with Gasteiger partial charge in [0.2, 0.25) is 0 Å². The predicted octanol–water partition coefficient (Wildman–Crippen LogP) is 6.75. The first-order chi connectivity index (χ1) is 15.4. The molecule has 1 aliphatic carbocycles. The standard InChI is InChI=1S/C29H42N2O/c1-7-10-17-28(29(32)31-21-13-16-26-15-11-12-18-27(26)31)30(6)22-23(4)19-20-24(5)25(9-3)14-8-2/h8-9,14,17,19-20,26-27H,2-5,7,10-13,15-16,18,21-22H2,1,6H3/b20-19-,25-14+,28-17-. The summed E-state index contributed by atoms with van der Waals surface area (Å²) in [6.07, 6.45) is 20.7. The molecule has 0 aromatic rings. The summed E-state index contributed by atoms with van der Waals surface area (Å²) in [5, 5.41) is 0. The van der Waals surface area contributed by atoms with Crippen molar-refractivity contribution in [1.29, 1.82) is 0 Å². The quantitative estimate of drug-likeness (QED) is 0.265. The van der Waals surface area contributed by atoms with Gasteiger partial charge in [0.05, 0.1) is 5.70 Å². The molecule has 32 heavy (non-hydrogen) atoms. The number of unbranched alkanes of at least 4 members (excludes halogenated alkanes) is 1. The molecule has 0 radical (unpaired) electrons. The van der Waals surface area contributed by atoms with Gasteiger partial charge in [-0.25, -0.2) is 0 Å². The number of allylic oxidation sites excluding steroid dienone is 7. The number of carbonyl (C=O) groups is 1. The van der Waals surface area contributed by atoms with Crippen molar-refractivity contribution in [3.8, 4) is 0 Å². The van der Waals surface area contributed by atoms with E-state index in [0.717, 1.165) is 54.6 Å². The van der Waals surface area contributed by atoms with Gasteiger partial charge in [-0.05, 0) is 54.7 Å². The molecule has 3 heteroatoms. The number of likely N-dealkylation sites (tertiary alicyclic amines) is 1. The van der Waals surface area contributed by atoms with Crippen LogP contribution in [0.2, 0.25) is 0 Å². The zero-order valence-corrected chi connectivity index (χ0v) is 20.3. The fraction of sp³-hybridized carbons (Fsp3) is 0.483. The van der Waals surface area contributed by atoms with Crippen molar-refractivity contribution in [2.24, 2.45) is 5.92 Å². The van der Waals surface area contributed by atoms with Crippen molar-refractivity contribution in [2.75, 3.05) is 20.1 Å². The Kier molecular flexibility index (Phi) is 10.5. The topological polar surface area (TPSA) is 23.6 Å². The number of nitrogens with zero attached hydrogens (tertiary/aromatic N) is 2. The Bertz CT molecular complexity index is 796. The van der Waals surface area contributed by atoms with Gasteiger partial charge in [0, 0.05) is 26.2 Å². The Labute approximate surface area is 196 Å². The lowest BCUT2D eigenvalue weighted by atomic mass is 9.78. The number of fused-ring (bicyclic) bond motifs is 1. The van der Waals surface area contributed by atoms with Crippen molar-refractivity contribution in [3.63, 3.8) is 0 Å². The first-order valence-electron chi connectivity index (χ1n) is 12.1. The Morgan fingerprint density at radius 2 is 1.81 bits per heavy atom. The van der Waals surface area contributed by atoms with Crippen LogP contribution in [0.3, 0.4) is 0 Å². The summed E-state index contributed by atoms with van der Waals surface area (Å²) in [6, 6.07) is 0.420. The molecule has 0 aromatic heterocycles. The second-order valence-corrected chi connectivity index (χ2v) is 9.07. The monoisotopic (exact) mass is 434 g/mol. The van der Waals surface area contributed by atoms with Crippen molar-refractivity contribution in [1.82, 2.24) is 9.80 Å². The molecular formula is C29H42N2O. The second kappa shape index (κ2) is 13.1. The fourth-order valence-electron chi connectivity index (χ4n) is 4.90. The third-order valence-corrected chi connectivity index (χ3v) is 6.61. The SMILES string of the molecule is C=C/C=C(\C=C)C(=C)/C=C\C(=C)CN(C)/C(=C\CCC)C(=O)N1CCCC2CCCCC21. The first-order valence-corrected chi connectivity index (χ1v) is 12.1. The minimum absolute atomic E-state index is 0.196. The first kappa shape index (κ1) is 25.7. The highest BCUT2D eigenvalue weighted by atomic mass is 16.2. The van der Waals surface area contributed by atoms with Crippen molar-refractivity contribution < 1.29 is 4.79 Å². The van der Waals surface area contributed by atoms with Gasteiger partial charge >= 0.3 is 0 Å². The fourth-order valence-corrected chi connectivity index (χ4v) is 4.90. The summed E-state index contributed by atoms with van der Waals surface area (Å²) < 4.78 is 0. The van der Waals surface area contributed by atoms with Crippen LogP contribution in [0.1, 0.15) is 58.3 Å². The van der Waals surface area contributed by atoms with E-state index in [9.17, 15) is 4.79 Å². The third-order valence-electron chi connectivity index (χ3n) is 6.61. The van der Waals surface area contributed by atoms with Crippen LogP contribution in [0.15, 0.2) is 85.2 Å². The summed E-state index contributed by atoms with van der Waals surface area (Å²) >= 11 is 0. The maximum Gasteiger partial charge on any atom is 0.270 e. The van der Waals surface area contributed by atoms with Crippen LogP contribution in [0.5, 0.6) is 0 Å². The average Bonchev–Trinajstić information content (AvgIpc) is 2.80. The van der Waals surface area contributed by atoms with E-state index in [-0.39, 0.29) is 5.91 Å². The number of likely N-dealkylation sites (N-methyl/N-ethyl adjacent to an activating group) is 1. The minimum Gasteiger partial charge on any atom is -0.366 e. The van der Waals surface area contributed by atoms with Gasteiger partial charge in [0.1, 0.15) is 0 Å². The smallest absolute Gasteiger partial charge is 0.270 e. The van der Waals surface area contributed by atoms with Crippen LogP contribution < -0.4 is 0 Å². The number of amides is 1. The van der Waals surface area contributed by atoms with Gasteiger partial charge in [-0.2, -0.15) is 0 Å². The van der Waals surface area contributed by atoms with E-state index >= 15 is 0 Å². The largest absolute Gasteiger partial charge is 0.366 e. The van der Waals surface area contributed by atoms with Gasteiger partial charge in [-0.3, -0.25) is 4.79 Å². The predicted molar refractivity (Wildman–Crippen MR) is 138 cm³/mol. The molecule has 1 saturated carbocycles. The molecule has 2 rings (SSSR count). The van der Waals surface area contributed by atoms with Crippen LogP contribution in [-0.2, 0) is 4.79 Å². The molecule has 1 heterocycles. The summed E-state index contributed by atoms with van der Waals surface area (Å²) in [5.74, 6) is 0.882. The van der Waals surface area contributed by atoms with Gasteiger partial charge < -0.3 is 9.80 Å². The Balaban J connectivity index is 2.10. The molecule has 2 aliphatic rings. The van der Waals surface area contributed by atoms with Crippen molar-refractivity contribution in [3.05, 3.63) is 85.2 Å². The molecule has 1 saturated heterocycles. The maximum atomic E-state index is 13.7. The van der Waals surface area contributed by atoms with E-state index in [2.05, 4.69) is 49.1 Å². The van der Waals surface area contributed by atoms with E-state index in [1.165, 1.54) is 25.7 Å². The Morgan fingerprint density at radius 3 is 2.50 bits per heavy atom. The highest BCUT2D eigenvalue weighted by Gasteiger charge is 2.37. The second-order valence-electron chi connectivity index (χ2n) is 9.07. The lowest BCUT2D eigenvalue weighted by Crippen LogP contribution is -2.51. The number of hydrogen-bond donors (Lipinski definition) is 0. The van der Waals surface area contributed by atoms with E-state index in [0.29, 0.717) is 18.5 Å². The average molecular weight is 435 g/mol. The van der Waals surface area contributed by atoms with E-state index in [1.54, 1.807) is 12.2 Å². The van der Waals surface area contributed by atoms with Crippen LogP contribution in [-0.4, -0.2) is 41.9 Å². The van der Waals surface area contributed by atoms with Crippen LogP contribution >= 0.6 is 0 Å². The number of hydrogen-bond acceptors (Lipinski definition) is 2. The molecule has 2 unspecified atom stereocenters. The molecule has 0 aromatic carbocycles. The molecule has 0 spiro atoms. The highest BCUT2D eigenvalue weighted by Crippen LogP contribution is 2.36. The summed E-state index contributed by atoms with van der Waals surface area (Å²) in [5.41, 5.74) is 3.53. The van der Waals surface area contributed by atoms with Gasteiger partial charge in [0.15, 0.2) is 0 Å². The molecule has 2 atom stereocenters. The van der Waals surface area contributed by atoms with Crippen LogP contribution in [0.25, 0.3) is 0 Å². The van der Waals surface area contributed by atoms with Gasteiger partial charge in [-0.1, -0.05) is 89.0 Å². The summed E-state index contributed by atoms with van der Waals surface area (Å²) in [7, 11) is 2.00. The van der Waals surface area contributed by atoms with E-state index in [4.69, 9.17) is 0 Å². The van der Waals surface area contributed by atoms with E-state index in [1.807, 2.05) is 25.3 Å². The molecule has 174 valence electrons. The number of rotatable bonds is 11. The van der Waals surface area contributed by atoms with Gasteiger partial charge in [0.25, 0.3) is 5.91 Å². The van der Waals surface area contributed by atoms with E-state index < -0.39 is 0 Å². The third kappa shape index (κ3) is 6.98. The number of carbonyl (C=O) groups excluding carboxylic acids is 1. The molecule has 1 aliphatic heterocycles. The molecule has 2 fully saturated rings. The minimum atomic E-state index is 0.196. The summed E-state index contributed by atoms with van der Waals surface area (Å²) in [6.45, 7) is 19.5. The van der Waals surface area contributed by atoms with Crippen LogP contribution in [0.4, 0.5) is 0 Å². The number of piperidine rings is 1. The Hall–Kier alpha value is -2.55. The highest BCUT2D eigenvalue weighted by molar-refractivity contribution is 5.93. The molecule has 1 amide bonds. The lowest BCUT2D eigenvalue weighted by molar-refractivity contribution is -0.134.